The minimum absolute atomic E-state index is 0.141. The number of hydrogen-bond acceptors (Lipinski definition) is 3. The van der Waals surface area contributed by atoms with Crippen molar-refractivity contribution in [2.75, 3.05) is 20.8 Å². The molecule has 0 aliphatic heterocycles. The van der Waals surface area contributed by atoms with Crippen LogP contribution in [0.25, 0.3) is 0 Å². The first-order valence-corrected chi connectivity index (χ1v) is 6.08. The van der Waals surface area contributed by atoms with E-state index in [9.17, 15) is 4.39 Å². The summed E-state index contributed by atoms with van der Waals surface area (Å²) in [5.74, 6) is 0.382. The molecule has 0 aliphatic carbocycles. The van der Waals surface area contributed by atoms with Crippen molar-refractivity contribution in [3.05, 3.63) is 29.6 Å². The van der Waals surface area contributed by atoms with Crippen molar-refractivity contribution >= 4 is 0 Å². The second kappa shape index (κ2) is 6.16. The molecule has 1 atom stereocenters. The number of hydrogen-bond donors (Lipinski definition) is 1. The van der Waals surface area contributed by atoms with Crippen LogP contribution in [-0.4, -0.2) is 26.4 Å². The first kappa shape index (κ1) is 14.9. The Kier molecular flexibility index (Phi) is 5.11. The third-order valence-corrected chi connectivity index (χ3v) is 3.13. The van der Waals surface area contributed by atoms with Gasteiger partial charge in [-0.2, -0.15) is 0 Å². The molecular weight excluding hydrogens is 233 g/mol. The SMILES string of the molecule is CCNC(c1cc(F)ccc1OC)C(C)(C)OC. The maximum atomic E-state index is 13.5. The lowest BCUT2D eigenvalue weighted by Crippen LogP contribution is -2.41. The Morgan fingerprint density at radius 2 is 2.00 bits per heavy atom. The van der Waals surface area contributed by atoms with Crippen LogP contribution in [0.3, 0.4) is 0 Å². The zero-order chi connectivity index (χ0) is 13.8. The van der Waals surface area contributed by atoms with Gasteiger partial charge in [0, 0.05) is 12.7 Å². The molecule has 0 saturated heterocycles. The summed E-state index contributed by atoms with van der Waals surface area (Å²) in [6.45, 7) is 6.69. The fraction of sp³-hybridized carbons (Fsp3) is 0.571. The molecule has 0 radical (unpaired) electrons. The molecule has 1 aromatic rings. The Hall–Kier alpha value is -1.13. The number of benzene rings is 1. The highest BCUT2D eigenvalue weighted by Crippen LogP contribution is 2.34. The maximum Gasteiger partial charge on any atom is 0.123 e. The van der Waals surface area contributed by atoms with E-state index in [1.807, 2.05) is 20.8 Å². The van der Waals surface area contributed by atoms with Crippen molar-refractivity contribution < 1.29 is 13.9 Å². The summed E-state index contributed by atoms with van der Waals surface area (Å²) < 4.78 is 24.3. The summed E-state index contributed by atoms with van der Waals surface area (Å²) in [7, 11) is 3.23. The molecule has 102 valence electrons. The van der Waals surface area contributed by atoms with Gasteiger partial charge < -0.3 is 14.8 Å². The van der Waals surface area contributed by atoms with Gasteiger partial charge in [-0.05, 0) is 38.6 Å². The van der Waals surface area contributed by atoms with E-state index in [2.05, 4.69) is 5.32 Å². The predicted molar refractivity (Wildman–Crippen MR) is 70.5 cm³/mol. The van der Waals surface area contributed by atoms with Crippen molar-refractivity contribution in [1.82, 2.24) is 5.32 Å². The molecule has 0 fully saturated rings. The van der Waals surface area contributed by atoms with Crippen molar-refractivity contribution in [3.63, 3.8) is 0 Å². The van der Waals surface area contributed by atoms with Crippen LogP contribution in [0.4, 0.5) is 4.39 Å². The van der Waals surface area contributed by atoms with Crippen LogP contribution in [-0.2, 0) is 4.74 Å². The lowest BCUT2D eigenvalue weighted by molar-refractivity contribution is -0.0113. The summed E-state index contributed by atoms with van der Waals surface area (Å²) in [5.41, 5.74) is 0.308. The van der Waals surface area contributed by atoms with E-state index in [1.165, 1.54) is 12.1 Å². The van der Waals surface area contributed by atoms with Crippen LogP contribution in [0.2, 0.25) is 0 Å². The van der Waals surface area contributed by atoms with Gasteiger partial charge in [0.25, 0.3) is 0 Å². The highest BCUT2D eigenvalue weighted by molar-refractivity contribution is 5.38. The van der Waals surface area contributed by atoms with Gasteiger partial charge in [0.05, 0.1) is 18.8 Å². The van der Waals surface area contributed by atoms with Crippen LogP contribution in [0, 0.1) is 5.82 Å². The van der Waals surface area contributed by atoms with Gasteiger partial charge in [-0.3, -0.25) is 0 Å². The van der Waals surface area contributed by atoms with Gasteiger partial charge in [0.2, 0.25) is 0 Å². The number of likely N-dealkylation sites (N-methyl/N-ethyl adjacent to an activating group) is 1. The fourth-order valence-corrected chi connectivity index (χ4v) is 1.98. The Balaban J connectivity index is 3.24. The lowest BCUT2D eigenvalue weighted by atomic mass is 9.90. The summed E-state index contributed by atoms with van der Waals surface area (Å²) in [6.07, 6.45) is 0. The number of nitrogens with one attached hydrogen (secondary N) is 1. The summed E-state index contributed by atoms with van der Waals surface area (Å²) >= 11 is 0. The maximum absolute atomic E-state index is 13.5. The van der Waals surface area contributed by atoms with Gasteiger partial charge in [0.15, 0.2) is 0 Å². The normalized spacial score (nSPS) is 13.4. The Morgan fingerprint density at radius 3 is 2.50 bits per heavy atom. The van der Waals surface area contributed by atoms with Gasteiger partial charge in [-0.15, -0.1) is 0 Å². The smallest absolute Gasteiger partial charge is 0.123 e. The van der Waals surface area contributed by atoms with E-state index >= 15 is 0 Å². The molecule has 18 heavy (non-hydrogen) atoms. The minimum atomic E-state index is -0.461. The molecule has 3 nitrogen and oxygen atoms in total. The van der Waals surface area contributed by atoms with Gasteiger partial charge in [0.1, 0.15) is 11.6 Å². The highest BCUT2D eigenvalue weighted by atomic mass is 19.1. The number of ether oxygens (including phenoxy) is 2. The minimum Gasteiger partial charge on any atom is -0.496 e. The zero-order valence-electron chi connectivity index (χ0n) is 11.7. The van der Waals surface area contributed by atoms with Crippen LogP contribution < -0.4 is 10.1 Å². The topological polar surface area (TPSA) is 30.5 Å². The van der Waals surface area contributed by atoms with Crippen molar-refractivity contribution in [3.8, 4) is 5.75 Å². The molecule has 1 N–H and O–H groups in total. The number of methoxy groups -OCH3 is 2. The Morgan fingerprint density at radius 1 is 1.33 bits per heavy atom. The molecule has 1 unspecified atom stereocenters. The average Bonchev–Trinajstić information content (AvgIpc) is 2.35. The van der Waals surface area contributed by atoms with Crippen LogP contribution in [0.15, 0.2) is 18.2 Å². The Labute approximate surface area is 108 Å². The van der Waals surface area contributed by atoms with Crippen LogP contribution in [0.1, 0.15) is 32.4 Å². The van der Waals surface area contributed by atoms with E-state index < -0.39 is 5.60 Å². The number of rotatable bonds is 6. The monoisotopic (exact) mass is 255 g/mol. The van der Waals surface area contributed by atoms with Crippen molar-refractivity contribution in [1.29, 1.82) is 0 Å². The molecule has 4 heteroatoms. The summed E-state index contributed by atoms with van der Waals surface area (Å²) in [4.78, 5) is 0. The third-order valence-electron chi connectivity index (χ3n) is 3.13. The molecule has 1 rings (SSSR count). The first-order chi connectivity index (χ1) is 8.46. The average molecular weight is 255 g/mol. The molecule has 0 amide bonds. The first-order valence-electron chi connectivity index (χ1n) is 6.08. The van der Waals surface area contributed by atoms with E-state index in [0.29, 0.717) is 5.75 Å². The van der Waals surface area contributed by atoms with Crippen LogP contribution in [0.5, 0.6) is 5.75 Å². The lowest BCUT2D eigenvalue weighted by Gasteiger charge is -2.34. The second-order valence-electron chi connectivity index (χ2n) is 4.68. The fourth-order valence-electron chi connectivity index (χ4n) is 1.98. The highest BCUT2D eigenvalue weighted by Gasteiger charge is 2.32. The molecular formula is C14H22FNO2. The zero-order valence-corrected chi connectivity index (χ0v) is 11.7. The molecule has 0 spiro atoms. The summed E-state index contributed by atoms with van der Waals surface area (Å²) in [5, 5.41) is 3.32. The molecule has 1 aromatic carbocycles. The van der Waals surface area contributed by atoms with E-state index in [1.54, 1.807) is 20.3 Å². The largest absolute Gasteiger partial charge is 0.496 e. The standard InChI is InChI=1S/C14H22FNO2/c1-6-16-13(14(2,3)18-5)11-9-10(15)7-8-12(11)17-4/h7-9,13,16H,6H2,1-5H3. The van der Waals surface area contributed by atoms with Gasteiger partial charge >= 0.3 is 0 Å². The van der Waals surface area contributed by atoms with Crippen molar-refractivity contribution in [2.45, 2.75) is 32.4 Å². The summed E-state index contributed by atoms with van der Waals surface area (Å²) in [6, 6.07) is 4.39. The molecule has 0 bridgehead atoms. The van der Waals surface area contributed by atoms with E-state index in [4.69, 9.17) is 9.47 Å². The molecule has 0 heterocycles. The van der Waals surface area contributed by atoms with Crippen LogP contribution >= 0.6 is 0 Å². The van der Waals surface area contributed by atoms with Crippen molar-refractivity contribution in [2.24, 2.45) is 0 Å². The van der Waals surface area contributed by atoms with Gasteiger partial charge in [-0.1, -0.05) is 6.92 Å². The predicted octanol–water partition coefficient (Wildman–Crippen LogP) is 2.91. The number of halogens is 1. The van der Waals surface area contributed by atoms with E-state index in [0.717, 1.165) is 12.1 Å². The van der Waals surface area contributed by atoms with Gasteiger partial charge in [-0.25, -0.2) is 4.39 Å². The third kappa shape index (κ3) is 3.21. The molecule has 0 aliphatic rings. The molecule has 0 saturated carbocycles. The quantitative estimate of drug-likeness (QED) is 0.847. The van der Waals surface area contributed by atoms with E-state index in [-0.39, 0.29) is 11.9 Å². The molecule has 0 aromatic heterocycles. The Bertz CT molecular complexity index is 393. The second-order valence-corrected chi connectivity index (χ2v) is 4.68.